The standard InChI is InChI=1S/C13H11ClN2O2S2/c1-2-5-19-20-13-16-15-12(18-13)11-7-8-6-9(14)3-4-10(8)17-11/h3-4,6-7H,2,5H2,1H3. The van der Waals surface area contributed by atoms with E-state index in [9.17, 15) is 0 Å². The fraction of sp³-hybridized carbons (Fsp3) is 0.231. The van der Waals surface area contributed by atoms with Gasteiger partial charge in [-0.1, -0.05) is 34.4 Å². The third kappa shape index (κ3) is 2.97. The maximum atomic E-state index is 5.95. The second kappa shape index (κ2) is 6.11. The second-order valence-corrected chi connectivity index (χ2v) is 6.87. The summed E-state index contributed by atoms with van der Waals surface area (Å²) in [5, 5.41) is 10.1. The molecule has 3 aromatic rings. The third-order valence-electron chi connectivity index (χ3n) is 2.51. The van der Waals surface area contributed by atoms with Gasteiger partial charge < -0.3 is 8.83 Å². The summed E-state index contributed by atoms with van der Waals surface area (Å²) in [7, 11) is 3.18. The van der Waals surface area contributed by atoms with Crippen LogP contribution in [0.25, 0.3) is 22.6 Å². The molecule has 1 aromatic carbocycles. The van der Waals surface area contributed by atoms with Crippen LogP contribution in [0.15, 0.2) is 38.3 Å². The summed E-state index contributed by atoms with van der Waals surface area (Å²) < 4.78 is 11.2. The smallest absolute Gasteiger partial charge is 0.287 e. The van der Waals surface area contributed by atoms with Gasteiger partial charge in [-0.25, -0.2) is 0 Å². The number of rotatable bonds is 5. The van der Waals surface area contributed by atoms with Crippen LogP contribution in [0, 0.1) is 0 Å². The highest BCUT2D eigenvalue weighted by molar-refractivity contribution is 8.76. The third-order valence-corrected chi connectivity index (χ3v) is 5.03. The molecule has 0 atom stereocenters. The van der Waals surface area contributed by atoms with E-state index in [1.165, 1.54) is 10.8 Å². The molecule has 3 rings (SSSR count). The zero-order valence-corrected chi connectivity index (χ0v) is 13.0. The van der Waals surface area contributed by atoms with Crippen molar-refractivity contribution in [2.24, 2.45) is 0 Å². The van der Waals surface area contributed by atoms with Crippen LogP contribution in [0.4, 0.5) is 0 Å². The first-order valence-corrected chi connectivity index (χ1v) is 8.78. The Labute approximate surface area is 128 Å². The second-order valence-electron chi connectivity index (χ2n) is 4.07. The van der Waals surface area contributed by atoms with Gasteiger partial charge in [0.05, 0.1) is 0 Å². The molecule has 0 aliphatic carbocycles. The molecule has 2 heterocycles. The van der Waals surface area contributed by atoms with Crippen molar-refractivity contribution in [3.8, 4) is 11.7 Å². The Morgan fingerprint density at radius 3 is 2.95 bits per heavy atom. The number of halogens is 1. The summed E-state index contributed by atoms with van der Waals surface area (Å²) >= 11 is 5.95. The molecule has 4 nitrogen and oxygen atoms in total. The van der Waals surface area contributed by atoms with Crippen molar-refractivity contribution in [1.29, 1.82) is 0 Å². The van der Waals surface area contributed by atoms with E-state index in [1.54, 1.807) is 16.9 Å². The van der Waals surface area contributed by atoms with Crippen LogP contribution in [0.3, 0.4) is 0 Å². The fourth-order valence-electron chi connectivity index (χ4n) is 1.64. The van der Waals surface area contributed by atoms with E-state index in [0.717, 1.165) is 23.1 Å². The van der Waals surface area contributed by atoms with Crippen LogP contribution in [0.2, 0.25) is 5.02 Å². The van der Waals surface area contributed by atoms with Gasteiger partial charge in [-0.2, -0.15) is 0 Å². The van der Waals surface area contributed by atoms with E-state index in [0.29, 0.717) is 21.9 Å². The Hall–Kier alpha value is -1.11. The largest absolute Gasteiger partial charge is 0.451 e. The molecular formula is C13H11ClN2O2S2. The molecule has 0 saturated carbocycles. The highest BCUT2D eigenvalue weighted by Crippen LogP contribution is 2.34. The zero-order chi connectivity index (χ0) is 13.9. The molecular weight excluding hydrogens is 316 g/mol. The predicted octanol–water partition coefficient (Wildman–Crippen LogP) is 5.29. The monoisotopic (exact) mass is 326 g/mol. The van der Waals surface area contributed by atoms with Crippen molar-refractivity contribution < 1.29 is 8.83 Å². The van der Waals surface area contributed by atoms with Gasteiger partial charge in [-0.05, 0) is 30.7 Å². The number of aromatic nitrogens is 2. The molecule has 0 unspecified atom stereocenters. The highest BCUT2D eigenvalue weighted by Gasteiger charge is 2.14. The molecule has 20 heavy (non-hydrogen) atoms. The first-order chi connectivity index (χ1) is 9.76. The van der Waals surface area contributed by atoms with E-state index in [-0.39, 0.29) is 0 Å². The SMILES string of the molecule is CCCSSc1nnc(-c2cc3cc(Cl)ccc3o2)o1. The number of hydrogen-bond donors (Lipinski definition) is 0. The van der Waals surface area contributed by atoms with Crippen molar-refractivity contribution in [2.45, 2.75) is 18.6 Å². The minimum Gasteiger partial charge on any atom is -0.451 e. The van der Waals surface area contributed by atoms with Gasteiger partial charge in [-0.3, -0.25) is 0 Å². The highest BCUT2D eigenvalue weighted by atomic mass is 35.5. The Morgan fingerprint density at radius 2 is 2.10 bits per heavy atom. The molecule has 0 spiro atoms. The summed E-state index contributed by atoms with van der Waals surface area (Å²) in [5.74, 6) is 1.99. The molecule has 0 aliphatic rings. The molecule has 0 saturated heterocycles. The van der Waals surface area contributed by atoms with Crippen molar-refractivity contribution in [3.05, 3.63) is 29.3 Å². The maximum absolute atomic E-state index is 5.95. The summed E-state index contributed by atoms with van der Waals surface area (Å²) in [5.41, 5.74) is 0.747. The molecule has 0 aliphatic heterocycles. The fourth-order valence-corrected chi connectivity index (χ4v) is 3.61. The van der Waals surface area contributed by atoms with Crippen molar-refractivity contribution >= 4 is 44.2 Å². The van der Waals surface area contributed by atoms with Crippen molar-refractivity contribution in [3.63, 3.8) is 0 Å². The number of hydrogen-bond acceptors (Lipinski definition) is 6. The van der Waals surface area contributed by atoms with Crippen molar-refractivity contribution in [1.82, 2.24) is 10.2 Å². The van der Waals surface area contributed by atoms with Crippen LogP contribution in [0.1, 0.15) is 13.3 Å². The van der Waals surface area contributed by atoms with E-state index in [2.05, 4.69) is 17.1 Å². The Balaban J connectivity index is 1.83. The zero-order valence-electron chi connectivity index (χ0n) is 10.6. The van der Waals surface area contributed by atoms with Gasteiger partial charge in [0.2, 0.25) is 0 Å². The van der Waals surface area contributed by atoms with Crippen molar-refractivity contribution in [2.75, 3.05) is 5.75 Å². The molecule has 0 fully saturated rings. The van der Waals surface area contributed by atoms with E-state index < -0.39 is 0 Å². The Kier molecular flexibility index (Phi) is 4.24. The first kappa shape index (κ1) is 13.9. The molecule has 0 bridgehead atoms. The number of furan rings is 1. The Morgan fingerprint density at radius 1 is 1.20 bits per heavy atom. The summed E-state index contributed by atoms with van der Waals surface area (Å²) in [6.45, 7) is 2.13. The van der Waals surface area contributed by atoms with E-state index in [1.807, 2.05) is 18.2 Å². The van der Waals surface area contributed by atoms with Crippen LogP contribution in [0.5, 0.6) is 0 Å². The van der Waals surface area contributed by atoms with Gasteiger partial charge in [0.1, 0.15) is 5.58 Å². The maximum Gasteiger partial charge on any atom is 0.287 e. The predicted molar refractivity (Wildman–Crippen MR) is 83.1 cm³/mol. The molecule has 2 aromatic heterocycles. The average Bonchev–Trinajstić information content (AvgIpc) is 3.04. The van der Waals surface area contributed by atoms with Gasteiger partial charge in [0.15, 0.2) is 5.76 Å². The summed E-state index contributed by atoms with van der Waals surface area (Å²) in [6, 6.07) is 7.30. The van der Waals surface area contributed by atoms with Gasteiger partial charge in [0, 0.05) is 27.0 Å². The van der Waals surface area contributed by atoms with Crippen LogP contribution >= 0.6 is 33.2 Å². The lowest BCUT2D eigenvalue weighted by atomic mass is 10.2. The lowest BCUT2D eigenvalue weighted by Gasteiger charge is -1.91. The van der Waals surface area contributed by atoms with E-state index >= 15 is 0 Å². The molecule has 0 N–H and O–H groups in total. The molecule has 0 radical (unpaired) electrons. The van der Waals surface area contributed by atoms with Gasteiger partial charge >= 0.3 is 0 Å². The summed E-state index contributed by atoms with van der Waals surface area (Å²) in [6.07, 6.45) is 1.11. The number of nitrogens with zero attached hydrogens (tertiary/aromatic N) is 2. The number of benzene rings is 1. The Bertz CT molecular complexity index is 726. The summed E-state index contributed by atoms with van der Waals surface area (Å²) in [4.78, 5) is 0. The minimum absolute atomic E-state index is 0.386. The average molecular weight is 327 g/mol. The minimum atomic E-state index is 0.386. The first-order valence-electron chi connectivity index (χ1n) is 6.08. The van der Waals surface area contributed by atoms with Gasteiger partial charge in [0.25, 0.3) is 11.1 Å². The van der Waals surface area contributed by atoms with Gasteiger partial charge in [-0.15, -0.1) is 5.10 Å². The van der Waals surface area contributed by atoms with E-state index in [4.69, 9.17) is 20.4 Å². The molecule has 104 valence electrons. The molecule has 7 heteroatoms. The lowest BCUT2D eigenvalue weighted by Crippen LogP contribution is -1.72. The number of fused-ring (bicyclic) bond motifs is 1. The quantitative estimate of drug-likeness (QED) is 0.469. The van der Waals surface area contributed by atoms with Crippen LogP contribution in [-0.2, 0) is 0 Å². The van der Waals surface area contributed by atoms with Crippen LogP contribution in [-0.4, -0.2) is 16.0 Å². The topological polar surface area (TPSA) is 52.1 Å². The lowest BCUT2D eigenvalue weighted by molar-refractivity contribution is 0.453. The van der Waals surface area contributed by atoms with Crippen LogP contribution < -0.4 is 0 Å². The molecule has 0 amide bonds. The normalized spacial score (nSPS) is 11.3.